The highest BCUT2D eigenvalue weighted by molar-refractivity contribution is 6.12. The number of nitrogens with zero attached hydrogens (tertiary/aromatic N) is 2. The third kappa shape index (κ3) is 4.52. The first kappa shape index (κ1) is 20.9. The third-order valence-corrected chi connectivity index (χ3v) is 5.11. The summed E-state index contributed by atoms with van der Waals surface area (Å²) in [5.74, 6) is -0.208. The largest absolute Gasteiger partial charge is 0.289 e. The van der Waals surface area contributed by atoms with E-state index in [1.54, 1.807) is 18.2 Å². The van der Waals surface area contributed by atoms with Gasteiger partial charge in [0.2, 0.25) is 0 Å². The second kappa shape index (κ2) is 9.18. The van der Waals surface area contributed by atoms with Gasteiger partial charge in [-0.1, -0.05) is 78.9 Å². The number of ketones is 1. The molecular formula is C27H20N2O3. The van der Waals surface area contributed by atoms with Gasteiger partial charge >= 0.3 is 0 Å². The van der Waals surface area contributed by atoms with Gasteiger partial charge in [-0.05, 0) is 35.8 Å². The van der Waals surface area contributed by atoms with E-state index in [0.717, 1.165) is 22.4 Å². The molecule has 4 rings (SSSR count). The summed E-state index contributed by atoms with van der Waals surface area (Å²) in [6.07, 6.45) is 3.03. The van der Waals surface area contributed by atoms with Crippen LogP contribution in [0.15, 0.2) is 97.1 Å². The molecule has 5 heteroatoms. The molecule has 0 radical (unpaired) electrons. The van der Waals surface area contributed by atoms with Crippen molar-refractivity contribution in [2.24, 2.45) is 0 Å². The van der Waals surface area contributed by atoms with Crippen molar-refractivity contribution >= 4 is 17.5 Å². The van der Waals surface area contributed by atoms with Gasteiger partial charge in [0.25, 0.3) is 5.69 Å². The van der Waals surface area contributed by atoms with E-state index >= 15 is 0 Å². The molecule has 0 aliphatic heterocycles. The average molecular weight is 420 g/mol. The highest BCUT2D eigenvalue weighted by Crippen LogP contribution is 2.31. The van der Waals surface area contributed by atoms with Gasteiger partial charge in [0.15, 0.2) is 5.78 Å². The van der Waals surface area contributed by atoms with Gasteiger partial charge in [-0.2, -0.15) is 0 Å². The van der Waals surface area contributed by atoms with E-state index in [1.165, 1.54) is 18.2 Å². The third-order valence-electron chi connectivity index (χ3n) is 5.11. The van der Waals surface area contributed by atoms with Crippen molar-refractivity contribution in [3.8, 4) is 22.4 Å². The minimum absolute atomic E-state index is 0.0189. The maximum absolute atomic E-state index is 13.2. The Balaban J connectivity index is 1.78. The van der Waals surface area contributed by atoms with Crippen LogP contribution in [0.25, 0.3) is 28.5 Å². The number of carbonyl (C=O) groups excluding carboxylic acids is 1. The molecule has 3 aromatic carbocycles. The smallest absolute Gasteiger partial charge is 0.270 e. The first-order valence-corrected chi connectivity index (χ1v) is 10.1. The number of pyridine rings is 1. The quantitative estimate of drug-likeness (QED) is 0.154. The van der Waals surface area contributed by atoms with Crippen molar-refractivity contribution in [2.45, 2.75) is 6.92 Å². The first-order chi connectivity index (χ1) is 15.5. The molecule has 0 spiro atoms. The Kier molecular flexibility index (Phi) is 5.99. The Labute approximate surface area is 185 Å². The minimum Gasteiger partial charge on any atom is -0.289 e. The summed E-state index contributed by atoms with van der Waals surface area (Å²) in [5, 5.41) is 11.0. The molecule has 32 heavy (non-hydrogen) atoms. The maximum atomic E-state index is 13.2. The van der Waals surface area contributed by atoms with Crippen molar-refractivity contribution in [1.29, 1.82) is 0 Å². The molecule has 1 aromatic heterocycles. The highest BCUT2D eigenvalue weighted by Gasteiger charge is 2.17. The summed E-state index contributed by atoms with van der Waals surface area (Å²) in [6.45, 7) is 1.83. The van der Waals surface area contributed by atoms with Gasteiger partial charge in [-0.25, -0.2) is 0 Å². The zero-order valence-electron chi connectivity index (χ0n) is 17.4. The summed E-state index contributed by atoms with van der Waals surface area (Å²) in [4.78, 5) is 28.5. The predicted octanol–water partition coefficient (Wildman–Crippen LogP) is 6.53. The molecule has 0 saturated heterocycles. The molecule has 0 N–H and O–H groups in total. The summed E-state index contributed by atoms with van der Waals surface area (Å²) in [7, 11) is 0. The van der Waals surface area contributed by atoms with Crippen LogP contribution in [0.4, 0.5) is 5.69 Å². The highest BCUT2D eigenvalue weighted by atomic mass is 16.6. The lowest BCUT2D eigenvalue weighted by atomic mass is 9.93. The molecule has 0 atom stereocenters. The van der Waals surface area contributed by atoms with Gasteiger partial charge in [-0.3, -0.25) is 19.9 Å². The normalized spacial score (nSPS) is 10.9. The number of nitro groups is 1. The van der Waals surface area contributed by atoms with Crippen LogP contribution >= 0.6 is 0 Å². The molecule has 0 aliphatic rings. The lowest BCUT2D eigenvalue weighted by molar-refractivity contribution is -0.384. The molecule has 4 aromatic rings. The molecule has 0 saturated carbocycles. The lowest BCUT2D eigenvalue weighted by Gasteiger charge is -2.13. The van der Waals surface area contributed by atoms with Gasteiger partial charge in [0, 0.05) is 23.4 Å². The summed E-state index contributed by atoms with van der Waals surface area (Å²) < 4.78 is 0. The Morgan fingerprint density at radius 1 is 0.875 bits per heavy atom. The van der Waals surface area contributed by atoms with Crippen LogP contribution in [0.1, 0.15) is 21.6 Å². The Morgan fingerprint density at radius 3 is 2.19 bits per heavy atom. The van der Waals surface area contributed by atoms with Gasteiger partial charge in [-0.15, -0.1) is 0 Å². The van der Waals surface area contributed by atoms with Gasteiger partial charge in [0.1, 0.15) is 0 Å². The minimum atomic E-state index is -0.455. The van der Waals surface area contributed by atoms with Gasteiger partial charge in [0.05, 0.1) is 16.2 Å². The molecule has 0 bridgehead atoms. The number of hydrogen-bond donors (Lipinski definition) is 0. The second-order valence-corrected chi connectivity index (χ2v) is 7.30. The molecule has 5 nitrogen and oxygen atoms in total. The maximum Gasteiger partial charge on any atom is 0.270 e. The van der Waals surface area contributed by atoms with Crippen LogP contribution in [0.3, 0.4) is 0 Å². The number of non-ortho nitro benzene ring substituents is 1. The first-order valence-electron chi connectivity index (χ1n) is 10.1. The fraction of sp³-hybridized carbons (Fsp3) is 0.0370. The van der Waals surface area contributed by atoms with Crippen molar-refractivity contribution < 1.29 is 9.72 Å². The standard InChI is InChI=1S/C27H20N2O3/c1-19-27(26(30)16-15-20-9-8-14-23(17-20)29(31)32)24(21-10-4-2-5-11-21)18-25(28-19)22-12-6-3-7-13-22/h2-18H,1H3/b16-15+. The number of carbonyl (C=O) groups is 1. The predicted molar refractivity (Wildman–Crippen MR) is 126 cm³/mol. The number of nitro benzene ring substituents is 1. The van der Waals surface area contributed by atoms with Crippen LogP contribution in [0.2, 0.25) is 0 Å². The number of aromatic nitrogens is 1. The van der Waals surface area contributed by atoms with Crippen molar-refractivity contribution in [3.05, 3.63) is 124 Å². The molecule has 0 unspecified atom stereocenters. The van der Waals surface area contributed by atoms with E-state index < -0.39 is 4.92 Å². The number of rotatable bonds is 6. The number of hydrogen-bond acceptors (Lipinski definition) is 4. The zero-order chi connectivity index (χ0) is 22.5. The van der Waals surface area contributed by atoms with Crippen LogP contribution in [0.5, 0.6) is 0 Å². The number of allylic oxidation sites excluding steroid dienone is 1. The Hall–Kier alpha value is -4.38. The molecule has 156 valence electrons. The van der Waals surface area contributed by atoms with Crippen molar-refractivity contribution in [1.82, 2.24) is 4.98 Å². The topological polar surface area (TPSA) is 73.1 Å². The summed E-state index contributed by atoms with van der Waals surface area (Å²) in [6, 6.07) is 27.7. The van der Waals surface area contributed by atoms with E-state index in [9.17, 15) is 14.9 Å². The average Bonchev–Trinajstić information content (AvgIpc) is 2.83. The SMILES string of the molecule is Cc1nc(-c2ccccc2)cc(-c2ccccc2)c1C(=O)/C=C/c1cccc([N+](=O)[O-])c1. The zero-order valence-corrected chi connectivity index (χ0v) is 17.4. The lowest BCUT2D eigenvalue weighted by Crippen LogP contribution is -2.05. The van der Waals surface area contributed by atoms with Crippen LogP contribution < -0.4 is 0 Å². The van der Waals surface area contributed by atoms with E-state index in [2.05, 4.69) is 0 Å². The second-order valence-electron chi connectivity index (χ2n) is 7.30. The van der Waals surface area contributed by atoms with Crippen LogP contribution in [0, 0.1) is 17.0 Å². The van der Waals surface area contributed by atoms with Crippen molar-refractivity contribution in [3.63, 3.8) is 0 Å². The van der Waals surface area contributed by atoms with Crippen molar-refractivity contribution in [2.75, 3.05) is 0 Å². The molecule has 1 heterocycles. The Bertz CT molecular complexity index is 1310. The van der Waals surface area contributed by atoms with E-state index in [0.29, 0.717) is 16.8 Å². The summed E-state index contributed by atoms with van der Waals surface area (Å²) >= 11 is 0. The molecule has 0 amide bonds. The fourth-order valence-electron chi connectivity index (χ4n) is 3.58. The Morgan fingerprint density at radius 2 is 1.53 bits per heavy atom. The van der Waals surface area contributed by atoms with E-state index in [1.807, 2.05) is 73.7 Å². The molecule has 0 fully saturated rings. The molecular weight excluding hydrogens is 400 g/mol. The van der Waals surface area contributed by atoms with Gasteiger partial charge < -0.3 is 0 Å². The fourth-order valence-corrected chi connectivity index (χ4v) is 3.58. The van der Waals surface area contributed by atoms with E-state index in [-0.39, 0.29) is 11.5 Å². The monoisotopic (exact) mass is 420 g/mol. The molecule has 0 aliphatic carbocycles. The summed E-state index contributed by atoms with van der Waals surface area (Å²) in [5.41, 5.74) is 5.18. The van der Waals surface area contributed by atoms with Crippen LogP contribution in [-0.2, 0) is 0 Å². The van der Waals surface area contributed by atoms with Crippen LogP contribution in [-0.4, -0.2) is 15.7 Å². The number of aryl methyl sites for hydroxylation is 1. The van der Waals surface area contributed by atoms with E-state index in [4.69, 9.17) is 4.98 Å². The number of benzene rings is 3.